The lowest BCUT2D eigenvalue weighted by Crippen LogP contribution is -2.12. The number of rotatable bonds is 6. The molecule has 0 saturated heterocycles. The van der Waals surface area contributed by atoms with Gasteiger partial charge in [-0.15, -0.1) is 0 Å². The maximum atomic E-state index is 12.4. The van der Waals surface area contributed by atoms with E-state index in [4.69, 9.17) is 0 Å². The number of carbonyl (C=O) groups excluding carboxylic acids is 1. The molecule has 0 N–H and O–H groups in total. The lowest BCUT2D eigenvalue weighted by Gasteiger charge is -2.04. The summed E-state index contributed by atoms with van der Waals surface area (Å²) >= 11 is 0. The van der Waals surface area contributed by atoms with Crippen LogP contribution in [0.2, 0.25) is 0 Å². The van der Waals surface area contributed by atoms with Crippen molar-refractivity contribution in [3.63, 3.8) is 0 Å². The number of pyridine rings is 1. The lowest BCUT2D eigenvalue weighted by atomic mass is 10.1. The summed E-state index contributed by atoms with van der Waals surface area (Å²) in [4.78, 5) is 16.7. The number of nitrogens with zero attached hydrogens (tertiary/aromatic N) is 3. The minimum atomic E-state index is 0.0794. The van der Waals surface area contributed by atoms with Gasteiger partial charge >= 0.3 is 0 Å². The zero-order valence-electron chi connectivity index (χ0n) is 12.4. The highest BCUT2D eigenvalue weighted by Gasteiger charge is 2.15. The van der Waals surface area contributed by atoms with Gasteiger partial charge in [-0.05, 0) is 37.5 Å². The van der Waals surface area contributed by atoms with E-state index in [9.17, 15) is 4.79 Å². The maximum Gasteiger partial charge on any atom is 0.186 e. The van der Waals surface area contributed by atoms with Gasteiger partial charge in [0.15, 0.2) is 5.78 Å². The largest absolute Gasteiger partial charge is 0.292 e. The zero-order chi connectivity index (χ0) is 14.5. The number of ketones is 1. The van der Waals surface area contributed by atoms with Crippen molar-refractivity contribution in [3.8, 4) is 0 Å². The van der Waals surface area contributed by atoms with E-state index in [1.165, 1.54) is 5.56 Å². The zero-order valence-corrected chi connectivity index (χ0v) is 12.4. The molecule has 2 aromatic rings. The first-order valence-electron chi connectivity index (χ1n) is 7.21. The fourth-order valence-electron chi connectivity index (χ4n) is 2.13. The SMILES string of the molecule is CCc1ccc(CC(=O)c2cc(CC)nn2CC)nc1. The normalized spacial score (nSPS) is 10.8. The van der Waals surface area contributed by atoms with Gasteiger partial charge < -0.3 is 0 Å². The standard InChI is InChI=1S/C16H21N3O/c1-4-12-7-8-14(17-11-12)10-16(20)15-9-13(5-2)18-19(15)6-3/h7-9,11H,4-6,10H2,1-3H3. The average molecular weight is 271 g/mol. The highest BCUT2D eigenvalue weighted by atomic mass is 16.1. The second-order valence-corrected chi connectivity index (χ2v) is 4.80. The summed E-state index contributed by atoms with van der Waals surface area (Å²) in [6.45, 7) is 6.84. The van der Waals surface area contributed by atoms with Crippen LogP contribution in [0.3, 0.4) is 0 Å². The Hall–Kier alpha value is -1.97. The third-order valence-electron chi connectivity index (χ3n) is 3.41. The molecule has 2 aromatic heterocycles. The monoisotopic (exact) mass is 271 g/mol. The Morgan fingerprint density at radius 2 is 1.95 bits per heavy atom. The van der Waals surface area contributed by atoms with Crippen LogP contribution in [0, 0.1) is 0 Å². The van der Waals surface area contributed by atoms with Crippen LogP contribution in [0.5, 0.6) is 0 Å². The van der Waals surface area contributed by atoms with Crippen molar-refractivity contribution in [1.29, 1.82) is 0 Å². The average Bonchev–Trinajstić information content (AvgIpc) is 2.91. The first-order valence-corrected chi connectivity index (χ1v) is 7.21. The number of hydrogen-bond donors (Lipinski definition) is 0. The van der Waals surface area contributed by atoms with E-state index in [-0.39, 0.29) is 5.78 Å². The molecule has 0 fully saturated rings. The van der Waals surface area contributed by atoms with Crippen LogP contribution >= 0.6 is 0 Å². The van der Waals surface area contributed by atoms with Crippen molar-refractivity contribution in [1.82, 2.24) is 14.8 Å². The molecular weight excluding hydrogens is 250 g/mol. The Morgan fingerprint density at radius 1 is 1.15 bits per heavy atom. The highest BCUT2D eigenvalue weighted by molar-refractivity contribution is 5.95. The van der Waals surface area contributed by atoms with Crippen LogP contribution in [0.25, 0.3) is 0 Å². The number of Topliss-reactive ketones (excluding diaryl/α,β-unsaturated/α-hetero) is 1. The van der Waals surface area contributed by atoms with Gasteiger partial charge in [-0.1, -0.05) is 19.9 Å². The molecule has 0 atom stereocenters. The number of aryl methyl sites for hydroxylation is 3. The molecule has 0 saturated carbocycles. The third-order valence-corrected chi connectivity index (χ3v) is 3.41. The molecular formula is C16H21N3O. The Labute approximate surface area is 119 Å². The molecule has 4 heteroatoms. The maximum absolute atomic E-state index is 12.4. The molecule has 0 aliphatic carbocycles. The van der Waals surface area contributed by atoms with E-state index in [0.29, 0.717) is 18.7 Å². The van der Waals surface area contributed by atoms with Crippen molar-refractivity contribution in [2.45, 2.75) is 46.6 Å². The topological polar surface area (TPSA) is 47.8 Å². The van der Waals surface area contributed by atoms with E-state index in [1.807, 2.05) is 38.2 Å². The number of hydrogen-bond acceptors (Lipinski definition) is 3. The van der Waals surface area contributed by atoms with Crippen molar-refractivity contribution < 1.29 is 4.79 Å². The molecule has 4 nitrogen and oxygen atoms in total. The second kappa shape index (κ2) is 6.46. The van der Waals surface area contributed by atoms with Crippen LogP contribution in [-0.4, -0.2) is 20.5 Å². The summed E-state index contributed by atoms with van der Waals surface area (Å²) < 4.78 is 1.78. The van der Waals surface area contributed by atoms with Crippen LogP contribution in [-0.2, 0) is 25.8 Å². The van der Waals surface area contributed by atoms with Crippen molar-refractivity contribution in [2.24, 2.45) is 0 Å². The molecule has 0 aliphatic rings. The third kappa shape index (κ3) is 3.13. The van der Waals surface area contributed by atoms with Gasteiger partial charge in [0.1, 0.15) is 5.69 Å². The smallest absolute Gasteiger partial charge is 0.186 e. The number of aromatic nitrogens is 3. The fraction of sp³-hybridized carbons (Fsp3) is 0.438. The van der Waals surface area contributed by atoms with Gasteiger partial charge in [0.2, 0.25) is 0 Å². The number of carbonyl (C=O) groups is 1. The summed E-state index contributed by atoms with van der Waals surface area (Å²) in [5.74, 6) is 0.0794. The second-order valence-electron chi connectivity index (χ2n) is 4.80. The van der Waals surface area contributed by atoms with E-state index in [0.717, 1.165) is 24.2 Å². The van der Waals surface area contributed by atoms with E-state index in [1.54, 1.807) is 4.68 Å². The van der Waals surface area contributed by atoms with Gasteiger partial charge in [0.25, 0.3) is 0 Å². The molecule has 0 aliphatic heterocycles. The van der Waals surface area contributed by atoms with Crippen molar-refractivity contribution >= 4 is 5.78 Å². The first-order chi connectivity index (χ1) is 9.67. The summed E-state index contributed by atoms with van der Waals surface area (Å²) in [5.41, 5.74) is 3.65. The van der Waals surface area contributed by atoms with Gasteiger partial charge in [-0.3, -0.25) is 14.5 Å². The minimum Gasteiger partial charge on any atom is -0.292 e. The summed E-state index contributed by atoms with van der Waals surface area (Å²) in [6.07, 6.45) is 3.98. The van der Waals surface area contributed by atoms with Gasteiger partial charge in [-0.25, -0.2) is 0 Å². The highest BCUT2D eigenvalue weighted by Crippen LogP contribution is 2.10. The van der Waals surface area contributed by atoms with Gasteiger partial charge in [0, 0.05) is 18.4 Å². The molecule has 0 radical (unpaired) electrons. The van der Waals surface area contributed by atoms with Crippen molar-refractivity contribution in [2.75, 3.05) is 0 Å². The van der Waals surface area contributed by atoms with E-state index in [2.05, 4.69) is 17.0 Å². The Balaban J connectivity index is 2.16. The summed E-state index contributed by atoms with van der Waals surface area (Å²) in [6, 6.07) is 5.86. The molecule has 0 bridgehead atoms. The molecule has 2 rings (SSSR count). The molecule has 106 valence electrons. The van der Waals surface area contributed by atoms with E-state index >= 15 is 0 Å². The molecule has 20 heavy (non-hydrogen) atoms. The first kappa shape index (κ1) is 14.4. The molecule has 2 heterocycles. The molecule has 0 unspecified atom stereocenters. The van der Waals surface area contributed by atoms with Crippen LogP contribution in [0.1, 0.15) is 48.2 Å². The quantitative estimate of drug-likeness (QED) is 0.759. The minimum absolute atomic E-state index is 0.0794. The van der Waals surface area contributed by atoms with Crippen LogP contribution < -0.4 is 0 Å². The van der Waals surface area contributed by atoms with Crippen LogP contribution in [0.15, 0.2) is 24.4 Å². The molecule has 0 spiro atoms. The lowest BCUT2D eigenvalue weighted by molar-refractivity contribution is 0.0981. The summed E-state index contributed by atoms with van der Waals surface area (Å²) in [7, 11) is 0. The summed E-state index contributed by atoms with van der Waals surface area (Å²) in [5, 5.41) is 4.41. The fourth-order valence-corrected chi connectivity index (χ4v) is 2.13. The Bertz CT molecular complexity index is 584. The van der Waals surface area contributed by atoms with Gasteiger partial charge in [0.05, 0.1) is 12.1 Å². The Kier molecular flexibility index (Phi) is 4.66. The Morgan fingerprint density at radius 3 is 2.50 bits per heavy atom. The van der Waals surface area contributed by atoms with Crippen LogP contribution in [0.4, 0.5) is 0 Å². The molecule has 0 amide bonds. The van der Waals surface area contributed by atoms with E-state index < -0.39 is 0 Å². The molecule has 0 aromatic carbocycles. The predicted octanol–water partition coefficient (Wildman–Crippen LogP) is 2.85. The van der Waals surface area contributed by atoms with Gasteiger partial charge in [-0.2, -0.15) is 5.10 Å². The predicted molar refractivity (Wildman–Crippen MR) is 78.9 cm³/mol. The van der Waals surface area contributed by atoms with Crippen molar-refractivity contribution in [3.05, 3.63) is 47.0 Å².